The normalized spacial score (nSPS) is 22.1. The SMILES string of the molecule is Cc1sc(C)c2c1C(=O)C1(CCCC1)C2=O. The average Bonchev–Trinajstić information content (AvgIpc) is 2.86. The van der Waals surface area contributed by atoms with Gasteiger partial charge >= 0.3 is 0 Å². The van der Waals surface area contributed by atoms with Crippen LogP contribution in [0.15, 0.2) is 0 Å². The Morgan fingerprint density at radius 2 is 1.38 bits per heavy atom. The number of rotatable bonds is 0. The Hall–Kier alpha value is -0.960. The van der Waals surface area contributed by atoms with Gasteiger partial charge in [-0.05, 0) is 26.7 Å². The molecule has 0 radical (unpaired) electrons. The number of Topliss-reactive ketones (excluding diaryl/α,β-unsaturated/α-hetero) is 2. The van der Waals surface area contributed by atoms with E-state index in [9.17, 15) is 9.59 Å². The number of carbonyl (C=O) groups is 2. The summed E-state index contributed by atoms with van der Waals surface area (Å²) in [4.78, 5) is 26.9. The standard InChI is InChI=1S/C13H14O2S/c1-7-9-10(8(2)16-7)12(15)13(11(9)14)5-3-4-6-13/h3-6H2,1-2H3. The van der Waals surface area contributed by atoms with Crippen LogP contribution >= 0.6 is 11.3 Å². The summed E-state index contributed by atoms with van der Waals surface area (Å²) in [6.07, 6.45) is 3.57. The lowest BCUT2D eigenvalue weighted by atomic mass is 9.81. The van der Waals surface area contributed by atoms with Crippen LogP contribution in [0.25, 0.3) is 0 Å². The molecule has 2 aliphatic rings. The Kier molecular flexibility index (Phi) is 1.94. The van der Waals surface area contributed by atoms with Crippen molar-refractivity contribution < 1.29 is 9.59 Å². The summed E-state index contributed by atoms with van der Waals surface area (Å²) in [7, 11) is 0. The summed E-state index contributed by atoms with van der Waals surface area (Å²) in [6, 6.07) is 0. The molecule has 0 aromatic carbocycles. The summed E-state index contributed by atoms with van der Waals surface area (Å²) in [5.74, 6) is 0.235. The molecule has 0 unspecified atom stereocenters. The van der Waals surface area contributed by atoms with Crippen molar-refractivity contribution in [1.82, 2.24) is 0 Å². The molecule has 1 aromatic rings. The molecule has 2 nitrogen and oxygen atoms in total. The Morgan fingerprint density at radius 1 is 0.938 bits per heavy atom. The Bertz CT molecular complexity index is 466. The lowest BCUT2D eigenvalue weighted by Gasteiger charge is -2.18. The van der Waals surface area contributed by atoms with E-state index in [1.807, 2.05) is 13.8 Å². The highest BCUT2D eigenvalue weighted by atomic mass is 32.1. The molecule has 1 saturated carbocycles. The minimum absolute atomic E-state index is 0.117. The number of carbonyl (C=O) groups excluding carboxylic acids is 2. The summed E-state index contributed by atoms with van der Waals surface area (Å²) < 4.78 is 0. The average molecular weight is 234 g/mol. The number of hydrogen-bond donors (Lipinski definition) is 0. The second kappa shape index (κ2) is 3.04. The highest BCUT2D eigenvalue weighted by molar-refractivity contribution is 7.12. The van der Waals surface area contributed by atoms with Crippen LogP contribution in [-0.2, 0) is 0 Å². The molecular formula is C13H14O2S. The first kappa shape index (κ1) is 10.2. The number of hydrogen-bond acceptors (Lipinski definition) is 3. The predicted octanol–water partition coefficient (Wildman–Crippen LogP) is 3.30. The van der Waals surface area contributed by atoms with E-state index in [-0.39, 0.29) is 11.6 Å². The monoisotopic (exact) mass is 234 g/mol. The molecule has 16 heavy (non-hydrogen) atoms. The molecule has 0 bridgehead atoms. The van der Waals surface area contributed by atoms with Crippen LogP contribution in [0.1, 0.15) is 56.2 Å². The maximum Gasteiger partial charge on any atom is 0.178 e. The number of aryl methyl sites for hydroxylation is 2. The number of ketones is 2. The minimum atomic E-state index is -0.645. The fourth-order valence-electron chi connectivity index (χ4n) is 3.24. The molecule has 0 amide bonds. The fourth-order valence-corrected chi connectivity index (χ4v) is 4.30. The second-order valence-electron chi connectivity index (χ2n) is 4.91. The minimum Gasteiger partial charge on any atom is -0.293 e. The van der Waals surface area contributed by atoms with Gasteiger partial charge in [0.2, 0.25) is 0 Å². The maximum absolute atomic E-state index is 12.5. The molecular weight excluding hydrogens is 220 g/mol. The van der Waals surface area contributed by atoms with Crippen LogP contribution in [-0.4, -0.2) is 11.6 Å². The van der Waals surface area contributed by atoms with Gasteiger partial charge in [0, 0.05) is 20.9 Å². The van der Waals surface area contributed by atoms with Gasteiger partial charge in [-0.25, -0.2) is 0 Å². The largest absolute Gasteiger partial charge is 0.293 e. The van der Waals surface area contributed by atoms with Crippen molar-refractivity contribution in [2.24, 2.45) is 5.41 Å². The first-order valence-corrected chi connectivity index (χ1v) is 6.59. The molecule has 0 saturated heterocycles. The fraction of sp³-hybridized carbons (Fsp3) is 0.538. The van der Waals surface area contributed by atoms with Crippen LogP contribution in [0.2, 0.25) is 0 Å². The molecule has 2 aliphatic carbocycles. The smallest absolute Gasteiger partial charge is 0.178 e. The maximum atomic E-state index is 12.5. The first-order chi connectivity index (χ1) is 7.58. The Labute approximate surface area is 98.7 Å². The zero-order chi connectivity index (χ0) is 11.5. The van der Waals surface area contributed by atoms with Crippen LogP contribution < -0.4 is 0 Å². The van der Waals surface area contributed by atoms with E-state index in [0.29, 0.717) is 0 Å². The van der Waals surface area contributed by atoms with Gasteiger partial charge < -0.3 is 0 Å². The van der Waals surface area contributed by atoms with Gasteiger partial charge in [-0.3, -0.25) is 9.59 Å². The van der Waals surface area contributed by atoms with Crippen molar-refractivity contribution in [3.05, 3.63) is 20.9 Å². The summed E-state index contributed by atoms with van der Waals surface area (Å²) in [6.45, 7) is 3.91. The van der Waals surface area contributed by atoms with Crippen molar-refractivity contribution in [2.45, 2.75) is 39.5 Å². The zero-order valence-electron chi connectivity index (χ0n) is 9.55. The first-order valence-electron chi connectivity index (χ1n) is 5.77. The molecule has 3 heteroatoms. The van der Waals surface area contributed by atoms with Gasteiger partial charge in [-0.1, -0.05) is 12.8 Å². The highest BCUT2D eigenvalue weighted by Gasteiger charge is 2.55. The van der Waals surface area contributed by atoms with Crippen LogP contribution in [0.4, 0.5) is 0 Å². The van der Waals surface area contributed by atoms with E-state index in [2.05, 4.69) is 0 Å². The zero-order valence-corrected chi connectivity index (χ0v) is 10.4. The molecule has 1 heterocycles. The number of thiophene rings is 1. The third kappa shape index (κ3) is 0.975. The summed E-state index contributed by atoms with van der Waals surface area (Å²) in [5, 5.41) is 0. The molecule has 1 spiro atoms. The van der Waals surface area contributed by atoms with Gasteiger partial charge in [0.15, 0.2) is 11.6 Å². The van der Waals surface area contributed by atoms with Crippen molar-refractivity contribution in [3.8, 4) is 0 Å². The van der Waals surface area contributed by atoms with E-state index >= 15 is 0 Å². The van der Waals surface area contributed by atoms with E-state index < -0.39 is 5.41 Å². The summed E-state index contributed by atoms with van der Waals surface area (Å²) >= 11 is 1.58. The van der Waals surface area contributed by atoms with Gasteiger partial charge in [-0.15, -0.1) is 11.3 Å². The van der Waals surface area contributed by atoms with E-state index in [1.165, 1.54) is 0 Å². The molecule has 1 fully saturated rings. The van der Waals surface area contributed by atoms with Gasteiger partial charge in [0.1, 0.15) is 0 Å². The third-order valence-corrected chi connectivity index (χ3v) is 5.06. The van der Waals surface area contributed by atoms with Crippen LogP contribution in [0, 0.1) is 19.3 Å². The van der Waals surface area contributed by atoms with Crippen molar-refractivity contribution in [2.75, 3.05) is 0 Å². The highest BCUT2D eigenvalue weighted by Crippen LogP contribution is 2.51. The molecule has 0 aliphatic heterocycles. The Balaban J connectivity index is 2.24. The van der Waals surface area contributed by atoms with E-state index in [4.69, 9.17) is 0 Å². The second-order valence-corrected chi connectivity index (χ2v) is 6.34. The van der Waals surface area contributed by atoms with Gasteiger partial charge in [0.25, 0.3) is 0 Å². The van der Waals surface area contributed by atoms with Crippen LogP contribution in [0.5, 0.6) is 0 Å². The molecule has 0 atom stereocenters. The molecule has 84 valence electrons. The van der Waals surface area contributed by atoms with E-state index in [0.717, 1.165) is 46.6 Å². The number of fused-ring (bicyclic) bond motifs is 1. The quantitative estimate of drug-likeness (QED) is 0.645. The van der Waals surface area contributed by atoms with Crippen molar-refractivity contribution in [3.63, 3.8) is 0 Å². The van der Waals surface area contributed by atoms with Gasteiger partial charge in [-0.2, -0.15) is 0 Å². The lowest BCUT2D eigenvalue weighted by Crippen LogP contribution is -2.30. The summed E-state index contributed by atoms with van der Waals surface area (Å²) in [5.41, 5.74) is 0.845. The molecule has 3 rings (SSSR count). The van der Waals surface area contributed by atoms with Crippen LogP contribution in [0.3, 0.4) is 0 Å². The predicted molar refractivity (Wildman–Crippen MR) is 63.4 cm³/mol. The van der Waals surface area contributed by atoms with Crippen molar-refractivity contribution in [1.29, 1.82) is 0 Å². The topological polar surface area (TPSA) is 34.1 Å². The molecule has 1 aromatic heterocycles. The van der Waals surface area contributed by atoms with Gasteiger partial charge in [0.05, 0.1) is 5.41 Å². The molecule has 0 N–H and O–H groups in total. The Morgan fingerprint density at radius 3 is 1.81 bits per heavy atom. The third-order valence-electron chi connectivity index (χ3n) is 4.04. The van der Waals surface area contributed by atoms with Crippen molar-refractivity contribution >= 4 is 22.9 Å². The lowest BCUT2D eigenvalue weighted by molar-refractivity contribution is 0.0705. The van der Waals surface area contributed by atoms with E-state index in [1.54, 1.807) is 11.3 Å².